The number of hydrogen-bond acceptors (Lipinski definition) is 6. The number of carbonyl (C=O) groups is 3. The lowest BCUT2D eigenvalue weighted by molar-refractivity contribution is -0.204. The van der Waals surface area contributed by atoms with E-state index in [2.05, 4.69) is 5.32 Å². The number of halogens is 4. The molecule has 1 aliphatic rings. The first kappa shape index (κ1) is 24.8. The molecule has 2 amide bonds. The smallest absolute Gasteiger partial charge is 0.441 e. The van der Waals surface area contributed by atoms with Gasteiger partial charge in [0.15, 0.2) is 0 Å². The molecule has 1 aliphatic carbocycles. The molecule has 0 saturated carbocycles. The summed E-state index contributed by atoms with van der Waals surface area (Å²) in [6.45, 7) is 0.942. The maximum Gasteiger partial charge on any atom is 0.441 e. The highest BCUT2D eigenvalue weighted by atomic mass is 35.5. The second-order valence-corrected chi connectivity index (χ2v) is 8.82. The lowest BCUT2D eigenvalue weighted by Gasteiger charge is -2.35. The monoisotopic (exact) mass is 503 g/mol. The number of alkyl halides is 3. The molecule has 4 N–H and O–H groups in total. The van der Waals surface area contributed by atoms with Crippen LogP contribution in [0.5, 0.6) is 0 Å². The third-order valence-corrected chi connectivity index (χ3v) is 6.68. The van der Waals surface area contributed by atoms with Crippen molar-refractivity contribution in [3.63, 3.8) is 0 Å². The van der Waals surface area contributed by atoms with E-state index in [1.165, 1.54) is 31.2 Å². The Morgan fingerprint density at radius 2 is 1.85 bits per heavy atom. The van der Waals surface area contributed by atoms with Crippen LogP contribution in [0.25, 0.3) is 0 Å². The van der Waals surface area contributed by atoms with Crippen LogP contribution in [0.1, 0.15) is 50.9 Å². The highest BCUT2D eigenvalue weighted by Gasteiger charge is 2.64. The molecule has 0 spiro atoms. The number of primary amides is 1. The minimum atomic E-state index is -5.37. The third-order valence-electron chi connectivity index (χ3n) is 5.15. The first-order valence-electron chi connectivity index (χ1n) is 10.0. The average molecular weight is 504 g/mol. The average Bonchev–Trinajstić information content (AvgIpc) is 3.10. The second kappa shape index (κ2) is 9.60. The Balaban J connectivity index is 2.14. The molecule has 1 aromatic carbocycles. The van der Waals surface area contributed by atoms with Crippen molar-refractivity contribution in [1.82, 2.24) is 5.32 Å². The van der Waals surface area contributed by atoms with Crippen LogP contribution >= 0.6 is 22.9 Å². The van der Waals surface area contributed by atoms with Crippen molar-refractivity contribution in [2.45, 2.75) is 44.4 Å². The minimum absolute atomic E-state index is 0.112. The quantitative estimate of drug-likeness (QED) is 0.390. The summed E-state index contributed by atoms with van der Waals surface area (Å²) in [6.07, 6.45) is -2.79. The number of esters is 1. The number of hydrogen-bond donors (Lipinski definition) is 3. The van der Waals surface area contributed by atoms with Crippen molar-refractivity contribution < 1.29 is 32.3 Å². The summed E-state index contributed by atoms with van der Waals surface area (Å²) >= 11 is 6.86. The Bertz CT molecular complexity index is 1090. The van der Waals surface area contributed by atoms with Gasteiger partial charge in [0, 0.05) is 4.88 Å². The number of nitrogens with two attached hydrogens (primary N) is 1. The van der Waals surface area contributed by atoms with Crippen molar-refractivity contribution in [2.75, 3.05) is 11.9 Å². The highest BCUT2D eigenvalue weighted by molar-refractivity contribution is 7.16. The van der Waals surface area contributed by atoms with Crippen molar-refractivity contribution in [1.29, 1.82) is 0 Å². The number of amides is 2. The number of aryl methyl sites for hydroxylation is 1. The molecule has 0 aliphatic heterocycles. The van der Waals surface area contributed by atoms with Crippen molar-refractivity contribution in [3.8, 4) is 0 Å². The summed E-state index contributed by atoms with van der Waals surface area (Å²) in [7, 11) is 0. The molecule has 1 heterocycles. The van der Waals surface area contributed by atoms with Gasteiger partial charge in [-0.05, 0) is 50.3 Å². The molecule has 178 valence electrons. The molecular formula is C21H21ClF3N3O4S. The zero-order valence-corrected chi connectivity index (χ0v) is 19.0. The molecule has 0 bridgehead atoms. The number of anilines is 1. The first-order chi connectivity index (χ1) is 15.5. The Kier molecular flexibility index (Phi) is 7.23. The zero-order chi connectivity index (χ0) is 24.4. The molecule has 1 aromatic heterocycles. The summed E-state index contributed by atoms with van der Waals surface area (Å²) in [5.41, 5.74) is 1.94. The molecule has 0 fully saturated rings. The molecule has 0 saturated heterocycles. The van der Waals surface area contributed by atoms with Gasteiger partial charge in [0.25, 0.3) is 11.8 Å². The summed E-state index contributed by atoms with van der Waals surface area (Å²) < 4.78 is 48.2. The summed E-state index contributed by atoms with van der Waals surface area (Å²) in [5.74, 6) is -3.99. The minimum Gasteiger partial charge on any atom is -0.463 e. The van der Waals surface area contributed by atoms with Crippen LogP contribution in [0.15, 0.2) is 24.3 Å². The third kappa shape index (κ3) is 4.79. The van der Waals surface area contributed by atoms with Gasteiger partial charge in [-0.1, -0.05) is 23.7 Å². The summed E-state index contributed by atoms with van der Waals surface area (Å²) in [5, 5.41) is 3.44. The van der Waals surface area contributed by atoms with E-state index in [0.29, 0.717) is 23.3 Å². The summed E-state index contributed by atoms with van der Waals surface area (Å²) in [4.78, 5) is 38.4. The number of ether oxygens (including phenoxy) is 1. The predicted molar refractivity (Wildman–Crippen MR) is 117 cm³/mol. The number of nitrogens with one attached hydrogen (secondary N) is 2. The van der Waals surface area contributed by atoms with Gasteiger partial charge >= 0.3 is 17.8 Å². The molecule has 1 atom stereocenters. The van der Waals surface area contributed by atoms with Gasteiger partial charge in [-0.2, -0.15) is 13.2 Å². The molecule has 7 nitrogen and oxygen atoms in total. The van der Waals surface area contributed by atoms with Crippen LogP contribution in [-0.2, 0) is 22.4 Å². The SMILES string of the molecule is CCOC(=O)[C@](NC(=O)c1ccccc1Cl)(Nc1sc2c(c1C(N)=O)CCCC2)C(F)(F)F. The standard InChI is InChI=1S/C21H21ClF3N3O4S/c1-2-32-19(31)20(21(23,24)25,27-17(30)11-7-3-5-9-13(11)22)28-18-15(16(26)29)12-8-4-6-10-14(12)33-18/h3,5,7,9,28H,2,4,6,8,10H2,1H3,(H2,26,29)(H,27,30)/t20-/m0/s1. The van der Waals surface area contributed by atoms with Gasteiger partial charge in [-0.15, -0.1) is 11.3 Å². The van der Waals surface area contributed by atoms with Gasteiger partial charge in [-0.3, -0.25) is 9.59 Å². The summed E-state index contributed by atoms with van der Waals surface area (Å²) in [6, 6.07) is 5.44. The zero-order valence-electron chi connectivity index (χ0n) is 17.5. The molecule has 12 heteroatoms. The molecular weight excluding hydrogens is 483 g/mol. The van der Waals surface area contributed by atoms with Gasteiger partial charge < -0.3 is 21.1 Å². The molecule has 2 aromatic rings. The predicted octanol–water partition coefficient (Wildman–Crippen LogP) is 4.04. The van der Waals surface area contributed by atoms with Crippen LogP contribution in [0.4, 0.5) is 18.2 Å². The van der Waals surface area contributed by atoms with E-state index in [1.54, 1.807) is 5.32 Å². The van der Waals surface area contributed by atoms with Crippen LogP contribution in [0.2, 0.25) is 5.02 Å². The molecule has 33 heavy (non-hydrogen) atoms. The van der Waals surface area contributed by atoms with Crippen LogP contribution in [0.3, 0.4) is 0 Å². The van der Waals surface area contributed by atoms with E-state index in [-0.39, 0.29) is 27.8 Å². The Hall–Kier alpha value is -2.79. The first-order valence-corrected chi connectivity index (χ1v) is 11.2. The Morgan fingerprint density at radius 3 is 2.45 bits per heavy atom. The normalized spacial score (nSPS) is 15.2. The number of rotatable bonds is 7. The molecule has 0 unspecified atom stereocenters. The van der Waals surface area contributed by atoms with Gasteiger partial charge in [-0.25, -0.2) is 4.79 Å². The van der Waals surface area contributed by atoms with E-state index >= 15 is 0 Å². The van der Waals surface area contributed by atoms with Gasteiger partial charge in [0.2, 0.25) is 0 Å². The van der Waals surface area contributed by atoms with E-state index in [4.69, 9.17) is 22.1 Å². The van der Waals surface area contributed by atoms with Crippen LogP contribution < -0.4 is 16.4 Å². The Labute approximate surface area is 196 Å². The van der Waals surface area contributed by atoms with Crippen molar-refractivity contribution in [3.05, 3.63) is 50.9 Å². The molecule has 3 rings (SSSR count). The number of carbonyl (C=O) groups excluding carboxylic acids is 3. The number of thiophene rings is 1. The highest BCUT2D eigenvalue weighted by Crippen LogP contribution is 2.42. The topological polar surface area (TPSA) is 111 Å². The maximum absolute atomic E-state index is 14.5. The van der Waals surface area contributed by atoms with E-state index < -0.39 is 29.6 Å². The van der Waals surface area contributed by atoms with Crippen molar-refractivity contribution >= 4 is 45.7 Å². The molecule has 0 radical (unpaired) electrons. The Morgan fingerprint density at radius 1 is 1.18 bits per heavy atom. The fraction of sp³-hybridized carbons (Fsp3) is 0.381. The number of benzene rings is 1. The van der Waals surface area contributed by atoms with Crippen LogP contribution in [-0.4, -0.2) is 36.2 Å². The van der Waals surface area contributed by atoms with Gasteiger partial charge in [0.05, 0.1) is 22.8 Å². The second-order valence-electron chi connectivity index (χ2n) is 7.31. The fourth-order valence-electron chi connectivity index (χ4n) is 3.60. The van der Waals surface area contributed by atoms with Crippen molar-refractivity contribution in [2.24, 2.45) is 5.73 Å². The lowest BCUT2D eigenvalue weighted by atomic mass is 9.95. The number of fused-ring (bicyclic) bond motifs is 1. The maximum atomic E-state index is 14.5. The largest absolute Gasteiger partial charge is 0.463 e. The van der Waals surface area contributed by atoms with E-state index in [1.807, 2.05) is 0 Å². The van der Waals surface area contributed by atoms with E-state index in [9.17, 15) is 27.6 Å². The fourth-order valence-corrected chi connectivity index (χ4v) is 5.17. The lowest BCUT2D eigenvalue weighted by Crippen LogP contribution is -2.69. The van der Waals surface area contributed by atoms with Crippen LogP contribution in [0, 0.1) is 0 Å². The van der Waals surface area contributed by atoms with Gasteiger partial charge in [0.1, 0.15) is 5.00 Å². The van der Waals surface area contributed by atoms with E-state index in [0.717, 1.165) is 24.2 Å².